The van der Waals surface area contributed by atoms with Crippen LogP contribution in [0.2, 0.25) is 0 Å². The zero-order valence-electron chi connectivity index (χ0n) is 8.46. The van der Waals surface area contributed by atoms with Crippen molar-refractivity contribution in [2.75, 3.05) is 6.54 Å². The van der Waals surface area contributed by atoms with Crippen molar-refractivity contribution >= 4 is 0 Å². The van der Waals surface area contributed by atoms with E-state index < -0.39 is 6.17 Å². The molecule has 0 aliphatic carbocycles. The molecule has 1 aromatic carbocycles. The molecule has 2 heteroatoms. The molecule has 0 aromatic heterocycles. The quantitative estimate of drug-likeness (QED) is 0.760. The highest BCUT2D eigenvalue weighted by Gasteiger charge is 2.38. The summed E-state index contributed by atoms with van der Waals surface area (Å²) in [5, 5.41) is 3.26. The molecule has 76 valence electrons. The first kappa shape index (κ1) is 9.66. The third-order valence-corrected chi connectivity index (χ3v) is 3.03. The summed E-state index contributed by atoms with van der Waals surface area (Å²) >= 11 is 0. The summed E-state index contributed by atoms with van der Waals surface area (Å²) in [7, 11) is 0. The van der Waals surface area contributed by atoms with E-state index in [0.29, 0.717) is 6.42 Å². The Bertz CT molecular complexity index is 298. The molecule has 2 unspecified atom stereocenters. The molecule has 1 nitrogen and oxygen atoms in total. The summed E-state index contributed by atoms with van der Waals surface area (Å²) in [4.78, 5) is 0. The molecule has 1 saturated heterocycles. The Morgan fingerprint density at radius 1 is 1.43 bits per heavy atom. The van der Waals surface area contributed by atoms with Crippen molar-refractivity contribution in [3.8, 4) is 0 Å². The lowest BCUT2D eigenvalue weighted by atomic mass is 9.90. The van der Waals surface area contributed by atoms with Gasteiger partial charge in [0, 0.05) is 0 Å². The van der Waals surface area contributed by atoms with Gasteiger partial charge in [0.05, 0.1) is 5.54 Å². The van der Waals surface area contributed by atoms with Gasteiger partial charge in [-0.15, -0.1) is 0 Å². The summed E-state index contributed by atoms with van der Waals surface area (Å²) in [6.07, 6.45) is 0.695. The zero-order valence-corrected chi connectivity index (χ0v) is 8.46. The highest BCUT2D eigenvalue weighted by Crippen LogP contribution is 2.26. The second kappa shape index (κ2) is 3.70. The van der Waals surface area contributed by atoms with Gasteiger partial charge in [-0.05, 0) is 31.9 Å². The molecule has 2 rings (SSSR count). The first-order valence-corrected chi connectivity index (χ1v) is 5.14. The SMILES string of the molecule is CC1(Cc2ccccc2)NCCC1F. The molecule has 1 fully saturated rings. The van der Waals surface area contributed by atoms with E-state index in [-0.39, 0.29) is 5.54 Å². The standard InChI is InChI=1S/C12H16FN/c1-12(11(13)7-8-14-12)9-10-5-3-2-4-6-10/h2-6,11,14H,7-9H2,1H3. The highest BCUT2D eigenvalue weighted by molar-refractivity contribution is 5.19. The maximum absolute atomic E-state index is 13.6. The summed E-state index contributed by atoms with van der Waals surface area (Å²) in [6, 6.07) is 10.1. The molecular weight excluding hydrogens is 177 g/mol. The van der Waals surface area contributed by atoms with Crippen molar-refractivity contribution in [3.63, 3.8) is 0 Å². The van der Waals surface area contributed by atoms with Gasteiger partial charge in [-0.3, -0.25) is 0 Å². The summed E-state index contributed by atoms with van der Waals surface area (Å²) in [5.41, 5.74) is 0.841. The van der Waals surface area contributed by atoms with E-state index in [0.717, 1.165) is 13.0 Å². The predicted octanol–water partition coefficient (Wildman–Crippen LogP) is 2.32. The van der Waals surface area contributed by atoms with Gasteiger partial charge in [-0.1, -0.05) is 30.3 Å². The lowest BCUT2D eigenvalue weighted by Gasteiger charge is -2.27. The van der Waals surface area contributed by atoms with Crippen molar-refractivity contribution in [1.82, 2.24) is 5.32 Å². The van der Waals surface area contributed by atoms with Crippen molar-refractivity contribution in [2.24, 2.45) is 0 Å². The van der Waals surface area contributed by atoms with E-state index in [2.05, 4.69) is 17.4 Å². The van der Waals surface area contributed by atoms with E-state index in [1.807, 2.05) is 25.1 Å². The van der Waals surface area contributed by atoms with Crippen LogP contribution in [0.25, 0.3) is 0 Å². The Kier molecular flexibility index (Phi) is 2.55. The fraction of sp³-hybridized carbons (Fsp3) is 0.500. The van der Waals surface area contributed by atoms with Crippen molar-refractivity contribution in [1.29, 1.82) is 0 Å². The molecular formula is C12H16FN. The maximum Gasteiger partial charge on any atom is 0.119 e. The van der Waals surface area contributed by atoms with E-state index in [9.17, 15) is 4.39 Å². The van der Waals surface area contributed by atoms with E-state index >= 15 is 0 Å². The van der Waals surface area contributed by atoms with Gasteiger partial charge in [0.15, 0.2) is 0 Å². The van der Waals surface area contributed by atoms with E-state index in [1.54, 1.807) is 0 Å². The lowest BCUT2D eigenvalue weighted by Crippen LogP contribution is -2.44. The van der Waals surface area contributed by atoms with Gasteiger partial charge in [-0.25, -0.2) is 4.39 Å². The Labute approximate surface area is 84.3 Å². The van der Waals surface area contributed by atoms with Crippen LogP contribution in [0.3, 0.4) is 0 Å². The molecule has 0 spiro atoms. The summed E-state index contributed by atoms with van der Waals surface area (Å²) in [6.45, 7) is 2.77. The molecule has 1 aromatic rings. The minimum absolute atomic E-state index is 0.360. The first-order chi connectivity index (χ1) is 6.71. The monoisotopic (exact) mass is 193 g/mol. The number of hydrogen-bond donors (Lipinski definition) is 1. The average molecular weight is 193 g/mol. The lowest BCUT2D eigenvalue weighted by molar-refractivity contribution is 0.217. The second-order valence-electron chi connectivity index (χ2n) is 4.26. The number of benzene rings is 1. The Hall–Kier alpha value is -0.890. The van der Waals surface area contributed by atoms with Crippen LogP contribution in [0, 0.1) is 0 Å². The normalized spacial score (nSPS) is 32.0. The molecule has 0 bridgehead atoms. The van der Waals surface area contributed by atoms with Crippen LogP contribution < -0.4 is 5.32 Å². The average Bonchev–Trinajstić information content (AvgIpc) is 2.48. The predicted molar refractivity (Wildman–Crippen MR) is 56.1 cm³/mol. The third kappa shape index (κ3) is 1.80. The molecule has 1 aliphatic heterocycles. The molecule has 1 heterocycles. The number of hydrogen-bond acceptors (Lipinski definition) is 1. The first-order valence-electron chi connectivity index (χ1n) is 5.14. The van der Waals surface area contributed by atoms with Gasteiger partial charge in [0.2, 0.25) is 0 Å². The number of rotatable bonds is 2. The number of alkyl halides is 1. The third-order valence-electron chi connectivity index (χ3n) is 3.03. The summed E-state index contributed by atoms with van der Waals surface area (Å²) in [5.74, 6) is 0. The molecule has 0 saturated carbocycles. The van der Waals surface area contributed by atoms with Crippen LogP contribution in [0.4, 0.5) is 4.39 Å². The van der Waals surface area contributed by atoms with Crippen LogP contribution in [0.15, 0.2) is 30.3 Å². The number of halogens is 1. The van der Waals surface area contributed by atoms with Crippen molar-refractivity contribution in [2.45, 2.75) is 31.5 Å². The smallest absolute Gasteiger partial charge is 0.119 e. The number of nitrogens with one attached hydrogen (secondary N) is 1. The molecule has 2 atom stereocenters. The second-order valence-corrected chi connectivity index (χ2v) is 4.26. The molecule has 0 amide bonds. The van der Waals surface area contributed by atoms with Crippen molar-refractivity contribution < 1.29 is 4.39 Å². The minimum atomic E-state index is -0.720. The molecule has 0 radical (unpaired) electrons. The van der Waals surface area contributed by atoms with Gasteiger partial charge >= 0.3 is 0 Å². The molecule has 1 N–H and O–H groups in total. The van der Waals surface area contributed by atoms with Crippen molar-refractivity contribution in [3.05, 3.63) is 35.9 Å². The van der Waals surface area contributed by atoms with Gasteiger partial charge in [-0.2, -0.15) is 0 Å². The topological polar surface area (TPSA) is 12.0 Å². The van der Waals surface area contributed by atoms with Crippen LogP contribution in [0.1, 0.15) is 18.9 Å². The van der Waals surface area contributed by atoms with Gasteiger partial charge < -0.3 is 5.32 Å². The minimum Gasteiger partial charge on any atom is -0.308 e. The van der Waals surface area contributed by atoms with Gasteiger partial charge in [0.1, 0.15) is 6.17 Å². The van der Waals surface area contributed by atoms with Crippen LogP contribution in [-0.2, 0) is 6.42 Å². The van der Waals surface area contributed by atoms with E-state index in [4.69, 9.17) is 0 Å². The zero-order chi connectivity index (χ0) is 10.0. The fourth-order valence-corrected chi connectivity index (χ4v) is 2.11. The maximum atomic E-state index is 13.6. The Morgan fingerprint density at radius 3 is 2.71 bits per heavy atom. The van der Waals surface area contributed by atoms with Crippen LogP contribution in [0.5, 0.6) is 0 Å². The summed E-state index contributed by atoms with van der Waals surface area (Å²) < 4.78 is 13.6. The molecule has 14 heavy (non-hydrogen) atoms. The fourth-order valence-electron chi connectivity index (χ4n) is 2.11. The van der Waals surface area contributed by atoms with Crippen LogP contribution >= 0.6 is 0 Å². The van der Waals surface area contributed by atoms with Gasteiger partial charge in [0.25, 0.3) is 0 Å². The largest absolute Gasteiger partial charge is 0.308 e. The Morgan fingerprint density at radius 2 is 2.14 bits per heavy atom. The highest BCUT2D eigenvalue weighted by atomic mass is 19.1. The van der Waals surface area contributed by atoms with E-state index in [1.165, 1.54) is 5.56 Å². The Balaban J connectivity index is 2.10. The van der Waals surface area contributed by atoms with Crippen LogP contribution in [-0.4, -0.2) is 18.3 Å². The molecule has 1 aliphatic rings.